The molecule has 4 rings (SSSR count). The van der Waals surface area contributed by atoms with Gasteiger partial charge in [-0.05, 0) is 37.3 Å². The van der Waals surface area contributed by atoms with Gasteiger partial charge in [0, 0.05) is 30.9 Å². The zero-order valence-corrected chi connectivity index (χ0v) is 18.3. The predicted octanol–water partition coefficient (Wildman–Crippen LogP) is 3.98. The first-order chi connectivity index (χ1) is 14.4. The number of benzene rings is 1. The Labute approximate surface area is 180 Å². The number of hydrogen-bond acceptors (Lipinski definition) is 7. The average molecular weight is 421 g/mol. The minimum Gasteiger partial charge on any atom is -0.482 e. The number of aryl methyl sites for hydroxylation is 2. The van der Waals surface area contributed by atoms with E-state index in [9.17, 15) is 5.26 Å². The molecule has 2 bridgehead atoms. The molecular weight excluding hydrogens is 396 g/mol. The van der Waals surface area contributed by atoms with Crippen molar-refractivity contribution >= 4 is 17.8 Å². The maximum Gasteiger partial charge on any atom is 0.166 e. The van der Waals surface area contributed by atoms with Crippen LogP contribution in [-0.2, 0) is 20.1 Å². The number of nitrogens with zero attached hydrogens (tertiary/aromatic N) is 5. The Morgan fingerprint density at radius 3 is 2.83 bits per heavy atom. The second kappa shape index (κ2) is 8.01. The van der Waals surface area contributed by atoms with Gasteiger partial charge in [0.2, 0.25) is 0 Å². The summed E-state index contributed by atoms with van der Waals surface area (Å²) in [6.07, 6.45) is 3.53. The summed E-state index contributed by atoms with van der Waals surface area (Å²) in [7, 11) is 1.79. The van der Waals surface area contributed by atoms with E-state index in [-0.39, 0.29) is 6.10 Å². The monoisotopic (exact) mass is 420 g/mol. The molecule has 0 saturated carbocycles. The minimum atomic E-state index is -0.203. The van der Waals surface area contributed by atoms with Crippen LogP contribution >= 0.6 is 11.9 Å². The van der Waals surface area contributed by atoms with Crippen molar-refractivity contribution < 1.29 is 4.74 Å². The molecule has 0 spiro atoms. The third-order valence-corrected chi connectivity index (χ3v) is 6.14. The number of nitrogen functional groups attached to an aromatic ring is 1. The van der Waals surface area contributed by atoms with Crippen molar-refractivity contribution in [1.29, 1.82) is 5.26 Å². The van der Waals surface area contributed by atoms with Gasteiger partial charge < -0.3 is 10.5 Å². The number of nitriles is 1. The first kappa shape index (κ1) is 20.3. The van der Waals surface area contributed by atoms with Crippen molar-refractivity contribution in [1.82, 2.24) is 19.1 Å². The fourth-order valence-electron chi connectivity index (χ4n) is 3.84. The van der Waals surface area contributed by atoms with Gasteiger partial charge in [0.25, 0.3) is 0 Å². The van der Waals surface area contributed by atoms with Crippen molar-refractivity contribution in [3.05, 3.63) is 58.5 Å². The lowest BCUT2D eigenvalue weighted by Crippen LogP contribution is -2.18. The second-order valence-corrected chi connectivity index (χ2v) is 8.34. The van der Waals surface area contributed by atoms with Crippen LogP contribution in [0.25, 0.3) is 11.1 Å². The van der Waals surface area contributed by atoms with Crippen molar-refractivity contribution in [2.45, 2.75) is 33.0 Å². The molecule has 0 unspecified atom stereocenters. The molecule has 0 fully saturated rings. The summed E-state index contributed by atoms with van der Waals surface area (Å²) < 4.78 is 10.1. The largest absolute Gasteiger partial charge is 0.482 e. The van der Waals surface area contributed by atoms with Crippen LogP contribution in [0.1, 0.15) is 41.1 Å². The van der Waals surface area contributed by atoms with E-state index in [4.69, 9.17) is 10.5 Å². The summed E-state index contributed by atoms with van der Waals surface area (Å²) >= 11 is 1.65. The Morgan fingerprint density at radius 2 is 2.10 bits per heavy atom. The van der Waals surface area contributed by atoms with Crippen LogP contribution in [0.3, 0.4) is 0 Å². The molecule has 2 aromatic heterocycles. The van der Waals surface area contributed by atoms with Crippen LogP contribution in [0.5, 0.6) is 5.75 Å². The summed E-state index contributed by atoms with van der Waals surface area (Å²) in [5, 5.41) is 14.4. The number of fused-ring (bicyclic) bond motifs is 5. The van der Waals surface area contributed by atoms with Crippen LogP contribution in [-0.4, -0.2) is 25.3 Å². The van der Waals surface area contributed by atoms with Gasteiger partial charge in [-0.2, -0.15) is 10.4 Å². The Balaban J connectivity index is 1.94. The average Bonchev–Trinajstić information content (AvgIpc) is 3.04. The Bertz CT molecular complexity index is 1150. The molecule has 1 aliphatic heterocycles. The third kappa shape index (κ3) is 3.62. The van der Waals surface area contributed by atoms with Gasteiger partial charge in [0.1, 0.15) is 17.9 Å². The standard InChI is InChI=1S/C22H24N6OS/c1-13-5-6-15-11-28(30-4)12-18-21(19(9-23)27(3)26-18)16-8-20(22(24)25-10-16)29-14(2)17(15)7-13/h5-8,10,14H,11-12H2,1-4H3,(H2,24,25)/t14-/m1/s1. The van der Waals surface area contributed by atoms with Gasteiger partial charge in [0.05, 0.1) is 12.2 Å². The smallest absolute Gasteiger partial charge is 0.166 e. The van der Waals surface area contributed by atoms with Gasteiger partial charge in [-0.25, -0.2) is 9.29 Å². The zero-order valence-electron chi connectivity index (χ0n) is 17.5. The van der Waals surface area contributed by atoms with E-state index in [1.165, 1.54) is 11.1 Å². The predicted molar refractivity (Wildman–Crippen MR) is 119 cm³/mol. The number of rotatable bonds is 1. The third-order valence-electron chi connectivity index (χ3n) is 5.37. The van der Waals surface area contributed by atoms with E-state index in [0.717, 1.165) is 28.9 Å². The number of pyridine rings is 1. The zero-order chi connectivity index (χ0) is 21.4. The highest BCUT2D eigenvalue weighted by Gasteiger charge is 2.24. The molecule has 1 atom stereocenters. The van der Waals surface area contributed by atoms with Gasteiger partial charge in [-0.15, -0.1) is 0 Å². The molecule has 8 heteroatoms. The fraction of sp³-hybridized carbons (Fsp3) is 0.318. The lowest BCUT2D eigenvalue weighted by molar-refractivity contribution is 0.225. The van der Waals surface area contributed by atoms with E-state index in [2.05, 4.69) is 51.8 Å². The molecule has 30 heavy (non-hydrogen) atoms. The van der Waals surface area contributed by atoms with Crippen molar-refractivity contribution in [2.75, 3.05) is 12.0 Å². The van der Waals surface area contributed by atoms with E-state index in [1.54, 1.807) is 29.9 Å². The fourth-order valence-corrected chi connectivity index (χ4v) is 4.36. The van der Waals surface area contributed by atoms with Crippen molar-refractivity contribution in [2.24, 2.45) is 7.05 Å². The molecule has 0 radical (unpaired) electrons. The van der Waals surface area contributed by atoms with E-state index >= 15 is 0 Å². The van der Waals surface area contributed by atoms with Crippen molar-refractivity contribution in [3.8, 4) is 22.9 Å². The Morgan fingerprint density at radius 1 is 1.30 bits per heavy atom. The number of hydrogen-bond donors (Lipinski definition) is 1. The lowest BCUT2D eigenvalue weighted by Gasteiger charge is -2.25. The maximum atomic E-state index is 9.75. The van der Waals surface area contributed by atoms with Crippen LogP contribution < -0.4 is 10.5 Å². The molecule has 7 nitrogen and oxygen atoms in total. The van der Waals surface area contributed by atoms with Gasteiger partial charge >= 0.3 is 0 Å². The molecule has 154 valence electrons. The Kier molecular flexibility index (Phi) is 5.41. The summed E-state index contributed by atoms with van der Waals surface area (Å²) in [4.78, 5) is 4.35. The minimum absolute atomic E-state index is 0.203. The quantitative estimate of drug-likeness (QED) is 0.595. The van der Waals surface area contributed by atoms with Crippen LogP contribution in [0.4, 0.5) is 5.82 Å². The lowest BCUT2D eigenvalue weighted by atomic mass is 9.99. The SMILES string of the molecule is CSN1Cc2ccc(C)cc2[C@@H](C)Oc2cc(cnc2N)-c2c(nn(C)c2C#N)C1. The van der Waals surface area contributed by atoms with Crippen LogP contribution in [0.15, 0.2) is 30.5 Å². The highest BCUT2D eigenvalue weighted by Crippen LogP contribution is 2.36. The normalized spacial score (nSPS) is 16.4. The maximum absolute atomic E-state index is 9.75. The highest BCUT2D eigenvalue weighted by atomic mass is 32.2. The number of nitrogens with two attached hydrogens (primary N) is 1. The molecule has 1 aromatic carbocycles. The Hall–Kier alpha value is -3.02. The molecular formula is C22H24N6OS. The highest BCUT2D eigenvalue weighted by molar-refractivity contribution is 7.96. The molecule has 0 saturated heterocycles. The van der Waals surface area contributed by atoms with E-state index in [1.807, 2.05) is 13.0 Å². The molecule has 1 aliphatic rings. The first-order valence-corrected chi connectivity index (χ1v) is 10.9. The number of anilines is 1. The summed E-state index contributed by atoms with van der Waals surface area (Å²) in [5.41, 5.74) is 12.5. The van der Waals surface area contributed by atoms with Gasteiger partial charge in [-0.1, -0.05) is 35.7 Å². The summed E-state index contributed by atoms with van der Waals surface area (Å²) in [6.45, 7) is 5.42. The molecule has 3 aromatic rings. The van der Waals surface area contributed by atoms with Crippen molar-refractivity contribution in [3.63, 3.8) is 0 Å². The second-order valence-electron chi connectivity index (χ2n) is 7.46. The van der Waals surface area contributed by atoms with Gasteiger partial charge in [-0.3, -0.25) is 4.68 Å². The number of aromatic nitrogens is 3. The van der Waals surface area contributed by atoms with Gasteiger partial charge in [0.15, 0.2) is 11.6 Å². The summed E-state index contributed by atoms with van der Waals surface area (Å²) in [5.74, 6) is 0.833. The first-order valence-electron chi connectivity index (χ1n) is 9.68. The molecule has 0 aliphatic carbocycles. The van der Waals surface area contributed by atoms with E-state index in [0.29, 0.717) is 23.8 Å². The van der Waals surface area contributed by atoms with Crippen LogP contribution in [0.2, 0.25) is 0 Å². The van der Waals surface area contributed by atoms with Crippen LogP contribution in [0, 0.1) is 18.3 Å². The molecule has 2 N–H and O–H groups in total. The molecule has 3 heterocycles. The topological polar surface area (TPSA) is 93.0 Å². The molecule has 0 amide bonds. The number of ether oxygens (including phenoxy) is 1. The van der Waals surface area contributed by atoms with E-state index < -0.39 is 0 Å². The summed E-state index contributed by atoms with van der Waals surface area (Å²) in [6, 6.07) is 10.6.